The molecule has 0 N–H and O–H groups in total. The topological polar surface area (TPSA) is 67.2 Å². The first-order chi connectivity index (χ1) is 12.2. The monoisotopic (exact) mass is 340 g/mol. The van der Waals surface area contributed by atoms with E-state index in [1.807, 2.05) is 41.1 Å². The molecule has 1 aliphatic heterocycles. The fraction of sp³-hybridized carbons (Fsp3) is 0.556. The van der Waals surface area contributed by atoms with Crippen molar-refractivity contribution >= 4 is 11.7 Å². The Kier molecular flexibility index (Phi) is 4.38. The van der Waals surface area contributed by atoms with Crippen LogP contribution in [0.25, 0.3) is 5.82 Å². The predicted octanol–water partition coefficient (Wildman–Crippen LogP) is 1.81. The molecule has 25 heavy (non-hydrogen) atoms. The molecule has 7 nitrogen and oxygen atoms in total. The van der Waals surface area contributed by atoms with E-state index in [4.69, 9.17) is 0 Å². The Morgan fingerprint density at radius 2 is 1.84 bits per heavy atom. The highest BCUT2D eigenvalue weighted by atomic mass is 16.2. The van der Waals surface area contributed by atoms with Crippen LogP contribution in [0.5, 0.6) is 0 Å². The SMILES string of the molecule is Cc1ccn(-c2ccc(N3CCN(CC4CCCC4)C(=O)C3)nn2)n1. The minimum Gasteiger partial charge on any atom is -0.344 e. The molecule has 0 unspecified atom stereocenters. The molecule has 0 bridgehead atoms. The van der Waals surface area contributed by atoms with Crippen molar-refractivity contribution in [3.63, 3.8) is 0 Å². The molecule has 2 aliphatic rings. The Morgan fingerprint density at radius 1 is 1.08 bits per heavy atom. The summed E-state index contributed by atoms with van der Waals surface area (Å²) in [7, 11) is 0. The van der Waals surface area contributed by atoms with Crippen LogP contribution >= 0.6 is 0 Å². The van der Waals surface area contributed by atoms with Crippen molar-refractivity contribution in [2.45, 2.75) is 32.6 Å². The molecule has 1 amide bonds. The largest absolute Gasteiger partial charge is 0.344 e. The van der Waals surface area contributed by atoms with Gasteiger partial charge in [-0.3, -0.25) is 4.79 Å². The molecular weight excluding hydrogens is 316 g/mol. The number of amides is 1. The Bertz CT molecular complexity index is 734. The first-order valence-electron chi connectivity index (χ1n) is 9.08. The second kappa shape index (κ2) is 6.82. The second-order valence-corrected chi connectivity index (χ2v) is 7.06. The summed E-state index contributed by atoms with van der Waals surface area (Å²) in [6.45, 7) is 4.84. The maximum absolute atomic E-state index is 12.5. The summed E-state index contributed by atoms with van der Waals surface area (Å²) in [5.74, 6) is 2.34. The highest BCUT2D eigenvalue weighted by Gasteiger charge is 2.28. The van der Waals surface area contributed by atoms with Crippen molar-refractivity contribution in [1.82, 2.24) is 24.9 Å². The summed E-state index contributed by atoms with van der Waals surface area (Å²) in [4.78, 5) is 16.5. The minimum absolute atomic E-state index is 0.201. The number of nitrogens with zero attached hydrogens (tertiary/aromatic N) is 6. The van der Waals surface area contributed by atoms with Crippen molar-refractivity contribution < 1.29 is 4.79 Å². The molecule has 4 rings (SSSR count). The first-order valence-corrected chi connectivity index (χ1v) is 9.08. The van der Waals surface area contributed by atoms with Crippen LogP contribution in [0.15, 0.2) is 24.4 Å². The molecule has 0 spiro atoms. The van der Waals surface area contributed by atoms with Crippen LogP contribution in [-0.4, -0.2) is 57.0 Å². The van der Waals surface area contributed by atoms with Crippen LogP contribution in [-0.2, 0) is 4.79 Å². The van der Waals surface area contributed by atoms with Crippen LogP contribution in [0.2, 0.25) is 0 Å². The van der Waals surface area contributed by atoms with Gasteiger partial charge in [0.1, 0.15) is 0 Å². The van der Waals surface area contributed by atoms with Gasteiger partial charge in [0, 0.05) is 25.8 Å². The van der Waals surface area contributed by atoms with E-state index in [1.54, 1.807) is 4.68 Å². The van der Waals surface area contributed by atoms with Crippen LogP contribution in [0, 0.1) is 12.8 Å². The third-order valence-electron chi connectivity index (χ3n) is 5.19. The number of hydrogen-bond donors (Lipinski definition) is 0. The molecule has 3 heterocycles. The molecule has 1 saturated heterocycles. The number of aryl methyl sites for hydroxylation is 1. The number of hydrogen-bond acceptors (Lipinski definition) is 5. The van der Waals surface area contributed by atoms with Crippen molar-refractivity contribution in [3.8, 4) is 5.82 Å². The van der Waals surface area contributed by atoms with Crippen molar-refractivity contribution in [3.05, 3.63) is 30.1 Å². The lowest BCUT2D eigenvalue weighted by atomic mass is 10.1. The van der Waals surface area contributed by atoms with Gasteiger partial charge >= 0.3 is 0 Å². The van der Waals surface area contributed by atoms with E-state index >= 15 is 0 Å². The van der Waals surface area contributed by atoms with Gasteiger partial charge in [0.15, 0.2) is 11.6 Å². The lowest BCUT2D eigenvalue weighted by molar-refractivity contribution is -0.131. The van der Waals surface area contributed by atoms with E-state index in [-0.39, 0.29) is 5.91 Å². The Balaban J connectivity index is 1.38. The molecular formula is C18H24N6O. The average molecular weight is 340 g/mol. The van der Waals surface area contributed by atoms with Gasteiger partial charge in [0.05, 0.1) is 12.2 Å². The van der Waals surface area contributed by atoms with Gasteiger partial charge < -0.3 is 9.80 Å². The zero-order valence-corrected chi connectivity index (χ0v) is 14.6. The molecule has 2 fully saturated rings. The summed E-state index contributed by atoms with van der Waals surface area (Å²) in [6, 6.07) is 5.74. The lowest BCUT2D eigenvalue weighted by Gasteiger charge is -2.36. The highest BCUT2D eigenvalue weighted by Crippen LogP contribution is 2.26. The van der Waals surface area contributed by atoms with Crippen LogP contribution in [0.3, 0.4) is 0 Å². The summed E-state index contributed by atoms with van der Waals surface area (Å²) >= 11 is 0. The molecule has 0 radical (unpaired) electrons. The van der Waals surface area contributed by atoms with E-state index in [1.165, 1.54) is 25.7 Å². The lowest BCUT2D eigenvalue weighted by Crippen LogP contribution is -2.51. The molecule has 1 aliphatic carbocycles. The highest BCUT2D eigenvalue weighted by molar-refractivity contribution is 5.82. The zero-order chi connectivity index (χ0) is 17.2. The van der Waals surface area contributed by atoms with E-state index in [0.29, 0.717) is 18.3 Å². The predicted molar refractivity (Wildman–Crippen MR) is 94.6 cm³/mol. The Hall–Kier alpha value is -2.44. The summed E-state index contributed by atoms with van der Waals surface area (Å²) in [5.41, 5.74) is 0.940. The molecule has 0 atom stereocenters. The van der Waals surface area contributed by atoms with Crippen molar-refractivity contribution in [2.24, 2.45) is 5.92 Å². The van der Waals surface area contributed by atoms with Crippen molar-refractivity contribution in [2.75, 3.05) is 31.1 Å². The van der Waals surface area contributed by atoms with Crippen LogP contribution in [0.1, 0.15) is 31.4 Å². The summed E-state index contributed by atoms with van der Waals surface area (Å²) < 4.78 is 1.71. The number of anilines is 1. The smallest absolute Gasteiger partial charge is 0.242 e. The average Bonchev–Trinajstić information content (AvgIpc) is 3.29. The van der Waals surface area contributed by atoms with Gasteiger partial charge in [-0.15, -0.1) is 10.2 Å². The van der Waals surface area contributed by atoms with Crippen LogP contribution < -0.4 is 4.90 Å². The molecule has 2 aromatic heterocycles. The fourth-order valence-electron chi connectivity index (χ4n) is 3.75. The number of carbonyl (C=O) groups is 1. The number of rotatable bonds is 4. The maximum atomic E-state index is 12.5. The normalized spacial score (nSPS) is 19.0. The summed E-state index contributed by atoms with van der Waals surface area (Å²) in [5, 5.41) is 12.9. The van der Waals surface area contributed by atoms with E-state index in [0.717, 1.165) is 31.1 Å². The second-order valence-electron chi connectivity index (χ2n) is 7.06. The standard InChI is InChI=1S/C18H24N6O/c1-14-8-9-24(21-14)17-7-6-16(19-20-17)22-10-11-23(18(25)13-22)12-15-4-2-3-5-15/h6-9,15H,2-5,10-13H2,1H3. The Morgan fingerprint density at radius 3 is 2.48 bits per heavy atom. The molecule has 7 heteroatoms. The van der Waals surface area contributed by atoms with Gasteiger partial charge in [-0.05, 0) is 43.9 Å². The molecule has 1 saturated carbocycles. The van der Waals surface area contributed by atoms with Gasteiger partial charge in [-0.25, -0.2) is 4.68 Å². The molecule has 0 aromatic carbocycles. The van der Waals surface area contributed by atoms with E-state index < -0.39 is 0 Å². The number of carbonyl (C=O) groups excluding carboxylic acids is 1. The number of aromatic nitrogens is 4. The van der Waals surface area contributed by atoms with Gasteiger partial charge in [0.25, 0.3) is 0 Å². The minimum atomic E-state index is 0.201. The summed E-state index contributed by atoms with van der Waals surface area (Å²) in [6.07, 6.45) is 7.04. The fourth-order valence-corrected chi connectivity index (χ4v) is 3.75. The molecule has 2 aromatic rings. The van der Waals surface area contributed by atoms with Crippen molar-refractivity contribution in [1.29, 1.82) is 0 Å². The van der Waals surface area contributed by atoms with Gasteiger partial charge in [-0.1, -0.05) is 12.8 Å². The van der Waals surface area contributed by atoms with Crippen LogP contribution in [0.4, 0.5) is 5.82 Å². The third kappa shape index (κ3) is 3.50. The van der Waals surface area contributed by atoms with Gasteiger partial charge in [0.2, 0.25) is 5.91 Å². The zero-order valence-electron chi connectivity index (χ0n) is 14.6. The van der Waals surface area contributed by atoms with E-state index in [2.05, 4.69) is 15.3 Å². The maximum Gasteiger partial charge on any atom is 0.242 e. The first kappa shape index (κ1) is 16.1. The van der Waals surface area contributed by atoms with E-state index in [9.17, 15) is 4.79 Å². The quantitative estimate of drug-likeness (QED) is 0.849. The number of piperazine rings is 1. The van der Waals surface area contributed by atoms with Gasteiger partial charge in [-0.2, -0.15) is 5.10 Å². The third-order valence-corrected chi connectivity index (χ3v) is 5.19. The Labute approximate surface area is 147 Å². The molecule has 132 valence electrons.